The van der Waals surface area contributed by atoms with E-state index in [1.807, 2.05) is 13.0 Å². The van der Waals surface area contributed by atoms with Crippen molar-refractivity contribution in [2.45, 2.75) is 32.6 Å². The van der Waals surface area contributed by atoms with E-state index in [4.69, 9.17) is 5.73 Å². The Morgan fingerprint density at radius 1 is 1.10 bits per heavy atom. The molecular formula is C17H22N4. The van der Waals surface area contributed by atoms with Crippen molar-refractivity contribution in [3.63, 3.8) is 0 Å². The second kappa shape index (κ2) is 6.22. The van der Waals surface area contributed by atoms with Crippen LogP contribution in [-0.2, 0) is 12.8 Å². The molecule has 0 aliphatic heterocycles. The predicted octanol–water partition coefficient (Wildman–Crippen LogP) is 2.70. The first-order valence-corrected chi connectivity index (χ1v) is 7.68. The van der Waals surface area contributed by atoms with Gasteiger partial charge in [-0.2, -0.15) is 0 Å². The van der Waals surface area contributed by atoms with Gasteiger partial charge in [0.05, 0.1) is 5.69 Å². The SMILES string of the molecule is Cc1cc(-c2ccc3c(c2)CCCC3)nc(NCCN)n1. The van der Waals surface area contributed by atoms with Crippen molar-refractivity contribution in [2.24, 2.45) is 5.73 Å². The van der Waals surface area contributed by atoms with Crippen molar-refractivity contribution in [2.75, 3.05) is 18.4 Å². The Hall–Kier alpha value is -1.94. The first kappa shape index (κ1) is 14.0. The Labute approximate surface area is 125 Å². The number of nitrogens with one attached hydrogen (secondary N) is 1. The van der Waals surface area contributed by atoms with E-state index in [9.17, 15) is 0 Å². The van der Waals surface area contributed by atoms with Gasteiger partial charge in [0, 0.05) is 24.3 Å². The molecular weight excluding hydrogens is 260 g/mol. The van der Waals surface area contributed by atoms with Gasteiger partial charge in [0.25, 0.3) is 0 Å². The van der Waals surface area contributed by atoms with Gasteiger partial charge in [0.2, 0.25) is 5.95 Å². The maximum atomic E-state index is 5.52. The molecule has 1 aliphatic rings. The quantitative estimate of drug-likeness (QED) is 0.905. The summed E-state index contributed by atoms with van der Waals surface area (Å²) in [6, 6.07) is 8.77. The summed E-state index contributed by atoms with van der Waals surface area (Å²) in [6.45, 7) is 3.26. The lowest BCUT2D eigenvalue weighted by Crippen LogP contribution is -2.15. The normalized spacial score (nSPS) is 13.8. The third-order valence-corrected chi connectivity index (χ3v) is 3.93. The highest BCUT2D eigenvalue weighted by atomic mass is 15.1. The van der Waals surface area contributed by atoms with E-state index >= 15 is 0 Å². The number of hydrogen-bond donors (Lipinski definition) is 2. The molecule has 1 aliphatic carbocycles. The molecule has 1 aromatic carbocycles. The lowest BCUT2D eigenvalue weighted by Gasteiger charge is -2.16. The summed E-state index contributed by atoms with van der Waals surface area (Å²) in [5, 5.41) is 3.16. The van der Waals surface area contributed by atoms with Crippen LogP contribution in [0, 0.1) is 6.92 Å². The van der Waals surface area contributed by atoms with E-state index in [2.05, 4.69) is 33.5 Å². The van der Waals surface area contributed by atoms with Crippen molar-refractivity contribution >= 4 is 5.95 Å². The van der Waals surface area contributed by atoms with Crippen molar-refractivity contribution in [3.05, 3.63) is 41.1 Å². The van der Waals surface area contributed by atoms with Crippen LogP contribution in [0.5, 0.6) is 0 Å². The topological polar surface area (TPSA) is 63.8 Å². The predicted molar refractivity (Wildman–Crippen MR) is 86.4 cm³/mol. The van der Waals surface area contributed by atoms with Crippen LogP contribution in [0.25, 0.3) is 11.3 Å². The number of hydrogen-bond acceptors (Lipinski definition) is 4. The lowest BCUT2D eigenvalue weighted by atomic mass is 9.90. The fourth-order valence-electron chi connectivity index (χ4n) is 2.87. The van der Waals surface area contributed by atoms with Gasteiger partial charge in [-0.3, -0.25) is 0 Å². The van der Waals surface area contributed by atoms with Gasteiger partial charge in [-0.25, -0.2) is 9.97 Å². The van der Waals surface area contributed by atoms with E-state index < -0.39 is 0 Å². The van der Waals surface area contributed by atoms with Crippen LogP contribution < -0.4 is 11.1 Å². The molecule has 0 saturated carbocycles. The zero-order chi connectivity index (χ0) is 14.7. The fraction of sp³-hybridized carbons (Fsp3) is 0.412. The largest absolute Gasteiger partial charge is 0.353 e. The molecule has 0 radical (unpaired) electrons. The van der Waals surface area contributed by atoms with E-state index in [0.29, 0.717) is 19.0 Å². The van der Waals surface area contributed by atoms with Crippen molar-refractivity contribution in [1.29, 1.82) is 0 Å². The minimum Gasteiger partial charge on any atom is -0.353 e. The minimum atomic E-state index is 0.575. The van der Waals surface area contributed by atoms with Crippen LogP contribution in [0.15, 0.2) is 24.3 Å². The smallest absolute Gasteiger partial charge is 0.223 e. The van der Waals surface area contributed by atoms with Gasteiger partial charge in [0.15, 0.2) is 0 Å². The molecule has 1 aromatic heterocycles. The van der Waals surface area contributed by atoms with Gasteiger partial charge in [-0.1, -0.05) is 12.1 Å². The van der Waals surface area contributed by atoms with E-state index in [1.165, 1.54) is 42.4 Å². The highest BCUT2D eigenvalue weighted by Crippen LogP contribution is 2.27. The molecule has 0 amide bonds. The Bertz CT molecular complexity index is 637. The third kappa shape index (κ3) is 3.22. The monoisotopic (exact) mass is 282 g/mol. The average molecular weight is 282 g/mol. The van der Waals surface area contributed by atoms with Crippen molar-refractivity contribution in [1.82, 2.24) is 9.97 Å². The molecule has 3 N–H and O–H groups in total. The Balaban J connectivity index is 1.94. The highest BCUT2D eigenvalue weighted by molar-refractivity contribution is 5.63. The molecule has 0 saturated heterocycles. The Kier molecular flexibility index (Phi) is 4.15. The molecule has 3 rings (SSSR count). The fourth-order valence-corrected chi connectivity index (χ4v) is 2.87. The molecule has 110 valence electrons. The van der Waals surface area contributed by atoms with Gasteiger partial charge in [0.1, 0.15) is 0 Å². The number of nitrogens with two attached hydrogens (primary N) is 1. The highest BCUT2D eigenvalue weighted by Gasteiger charge is 2.11. The summed E-state index contributed by atoms with van der Waals surface area (Å²) in [5.41, 5.74) is 11.6. The van der Waals surface area contributed by atoms with Crippen LogP contribution in [0.1, 0.15) is 29.7 Å². The Morgan fingerprint density at radius 2 is 1.90 bits per heavy atom. The van der Waals surface area contributed by atoms with Crippen LogP contribution in [0.2, 0.25) is 0 Å². The molecule has 1 heterocycles. The summed E-state index contributed by atoms with van der Waals surface area (Å²) in [6.07, 6.45) is 5.00. The maximum Gasteiger partial charge on any atom is 0.223 e. The maximum absolute atomic E-state index is 5.52. The molecule has 4 heteroatoms. The second-order valence-electron chi connectivity index (χ2n) is 5.62. The summed E-state index contributed by atoms with van der Waals surface area (Å²) < 4.78 is 0. The van der Waals surface area contributed by atoms with E-state index in [0.717, 1.165) is 11.4 Å². The van der Waals surface area contributed by atoms with Crippen molar-refractivity contribution < 1.29 is 0 Å². The Morgan fingerprint density at radius 3 is 2.71 bits per heavy atom. The first-order valence-electron chi connectivity index (χ1n) is 7.68. The van der Waals surface area contributed by atoms with E-state index in [1.54, 1.807) is 0 Å². The lowest BCUT2D eigenvalue weighted by molar-refractivity contribution is 0.686. The van der Waals surface area contributed by atoms with Gasteiger partial charge in [-0.05, 0) is 55.9 Å². The minimum absolute atomic E-state index is 0.575. The van der Waals surface area contributed by atoms with Gasteiger partial charge < -0.3 is 11.1 Å². The number of fused-ring (bicyclic) bond motifs is 1. The molecule has 0 bridgehead atoms. The summed E-state index contributed by atoms with van der Waals surface area (Å²) in [7, 11) is 0. The summed E-state index contributed by atoms with van der Waals surface area (Å²) in [4.78, 5) is 9.02. The van der Waals surface area contributed by atoms with Crippen LogP contribution in [0.3, 0.4) is 0 Å². The first-order chi connectivity index (χ1) is 10.3. The second-order valence-corrected chi connectivity index (χ2v) is 5.62. The summed E-state index contributed by atoms with van der Waals surface area (Å²) >= 11 is 0. The van der Waals surface area contributed by atoms with E-state index in [-0.39, 0.29) is 0 Å². The van der Waals surface area contributed by atoms with Gasteiger partial charge >= 0.3 is 0 Å². The number of benzene rings is 1. The van der Waals surface area contributed by atoms with Crippen LogP contribution in [0.4, 0.5) is 5.95 Å². The zero-order valence-electron chi connectivity index (χ0n) is 12.5. The molecule has 0 fully saturated rings. The molecule has 4 nitrogen and oxygen atoms in total. The van der Waals surface area contributed by atoms with Crippen molar-refractivity contribution in [3.8, 4) is 11.3 Å². The molecule has 0 unspecified atom stereocenters. The molecule has 2 aromatic rings. The standard InChI is InChI=1S/C17H22N4/c1-12-10-16(21-17(20-12)19-9-8-18)15-7-6-13-4-2-3-5-14(13)11-15/h6-7,10-11H,2-5,8-9,18H2,1H3,(H,19,20,21). The number of rotatable bonds is 4. The third-order valence-electron chi connectivity index (χ3n) is 3.93. The zero-order valence-corrected chi connectivity index (χ0v) is 12.5. The number of anilines is 1. The molecule has 0 spiro atoms. The average Bonchev–Trinajstić information content (AvgIpc) is 2.52. The number of nitrogens with zero attached hydrogens (tertiary/aromatic N) is 2. The number of aromatic nitrogens is 2. The molecule has 0 atom stereocenters. The molecule has 21 heavy (non-hydrogen) atoms. The number of aryl methyl sites for hydroxylation is 3. The van der Waals surface area contributed by atoms with Crippen LogP contribution in [-0.4, -0.2) is 23.1 Å². The van der Waals surface area contributed by atoms with Crippen LogP contribution >= 0.6 is 0 Å². The summed E-state index contributed by atoms with van der Waals surface area (Å²) in [5.74, 6) is 0.660. The van der Waals surface area contributed by atoms with Gasteiger partial charge in [-0.15, -0.1) is 0 Å².